The van der Waals surface area contributed by atoms with Crippen molar-refractivity contribution in [1.82, 2.24) is 10.2 Å². The smallest absolute Gasteiger partial charge is 0.335 e. The molecule has 0 unspecified atom stereocenters. The number of aromatic carboxylic acids is 1. The lowest BCUT2D eigenvalue weighted by molar-refractivity contribution is 0.0696. The third-order valence-electron chi connectivity index (χ3n) is 4.19. The summed E-state index contributed by atoms with van der Waals surface area (Å²) in [6, 6.07) is 5.84. The average Bonchev–Trinajstić information content (AvgIpc) is 3.37. The van der Waals surface area contributed by atoms with Crippen molar-refractivity contribution in [2.24, 2.45) is 0 Å². The Kier molecular flexibility index (Phi) is 6.87. The maximum Gasteiger partial charge on any atom is 0.335 e. The highest BCUT2D eigenvalue weighted by Gasteiger charge is 2.20. The van der Waals surface area contributed by atoms with Crippen LogP contribution in [-0.2, 0) is 0 Å². The van der Waals surface area contributed by atoms with Crippen molar-refractivity contribution in [2.45, 2.75) is 38.8 Å². The molecule has 1 aromatic carbocycles. The number of nitrogens with one attached hydrogen (secondary N) is 1. The van der Waals surface area contributed by atoms with E-state index in [1.54, 1.807) is 6.07 Å². The molecule has 0 aliphatic heterocycles. The Balaban J connectivity index is 1.82. The van der Waals surface area contributed by atoms with Gasteiger partial charge in [0.1, 0.15) is 6.61 Å². The number of nitrogens with zero attached hydrogens (tertiary/aromatic N) is 1. The van der Waals surface area contributed by atoms with Crippen molar-refractivity contribution in [3.63, 3.8) is 0 Å². The molecule has 0 spiro atoms. The maximum atomic E-state index is 11.0. The van der Waals surface area contributed by atoms with Gasteiger partial charge >= 0.3 is 5.97 Å². The first-order chi connectivity index (χ1) is 11.5. The van der Waals surface area contributed by atoms with E-state index in [-0.39, 0.29) is 5.56 Å². The van der Waals surface area contributed by atoms with Crippen molar-refractivity contribution >= 4 is 5.97 Å². The van der Waals surface area contributed by atoms with Gasteiger partial charge in [-0.25, -0.2) is 4.79 Å². The summed E-state index contributed by atoms with van der Waals surface area (Å²) in [5.41, 5.74) is 0.189. The van der Waals surface area contributed by atoms with Gasteiger partial charge in [0.25, 0.3) is 0 Å². The Hall–Kier alpha value is -1.79. The molecule has 0 heterocycles. The summed E-state index contributed by atoms with van der Waals surface area (Å²) in [7, 11) is 1.51. The predicted molar refractivity (Wildman–Crippen MR) is 93.2 cm³/mol. The fraction of sp³-hybridized carbons (Fsp3) is 0.611. The van der Waals surface area contributed by atoms with Crippen LogP contribution in [0.4, 0.5) is 0 Å². The summed E-state index contributed by atoms with van der Waals surface area (Å²) >= 11 is 0. The number of rotatable bonds is 11. The van der Waals surface area contributed by atoms with Crippen LogP contribution in [0.5, 0.6) is 11.5 Å². The monoisotopic (exact) mass is 336 g/mol. The first kappa shape index (κ1) is 18.5. The fourth-order valence-electron chi connectivity index (χ4n) is 2.52. The van der Waals surface area contributed by atoms with Crippen molar-refractivity contribution in [2.75, 3.05) is 33.4 Å². The van der Waals surface area contributed by atoms with E-state index in [0.29, 0.717) is 24.1 Å². The number of hydrogen-bond donors (Lipinski definition) is 2. The highest BCUT2D eigenvalue weighted by molar-refractivity contribution is 5.88. The minimum Gasteiger partial charge on any atom is -0.493 e. The zero-order valence-corrected chi connectivity index (χ0v) is 14.7. The van der Waals surface area contributed by atoms with Crippen molar-refractivity contribution in [3.05, 3.63) is 23.8 Å². The Morgan fingerprint density at radius 2 is 2.08 bits per heavy atom. The molecule has 6 heteroatoms. The number of carboxylic acids is 1. The van der Waals surface area contributed by atoms with Crippen LogP contribution in [0.25, 0.3) is 0 Å². The summed E-state index contributed by atoms with van der Waals surface area (Å²) in [4.78, 5) is 13.4. The molecule has 0 radical (unpaired) electrons. The molecule has 0 saturated heterocycles. The van der Waals surface area contributed by atoms with Crippen LogP contribution in [0.15, 0.2) is 18.2 Å². The van der Waals surface area contributed by atoms with Gasteiger partial charge in [-0.1, -0.05) is 0 Å². The van der Waals surface area contributed by atoms with Crippen LogP contribution in [0.3, 0.4) is 0 Å². The standard InChI is InChI=1S/C18H28N2O4/c1-13(2)20(9-8-19-15-5-6-15)10-11-24-16-7-4-14(18(21)22)12-17(16)23-3/h4,7,12-13,15,19H,5-6,8-11H2,1-3H3,(H,21,22). The van der Waals surface area contributed by atoms with Gasteiger partial charge in [0.15, 0.2) is 11.5 Å². The van der Waals surface area contributed by atoms with Gasteiger partial charge in [0.05, 0.1) is 12.7 Å². The van der Waals surface area contributed by atoms with Gasteiger partial charge in [-0.05, 0) is 44.9 Å². The summed E-state index contributed by atoms with van der Waals surface area (Å²) in [6.45, 7) is 7.70. The maximum absolute atomic E-state index is 11.0. The Bertz CT molecular complexity index is 544. The number of methoxy groups -OCH3 is 1. The van der Waals surface area contributed by atoms with Gasteiger partial charge in [-0.3, -0.25) is 4.90 Å². The Morgan fingerprint density at radius 1 is 1.33 bits per heavy atom. The highest BCUT2D eigenvalue weighted by Crippen LogP contribution is 2.28. The second kappa shape index (κ2) is 8.89. The van der Waals surface area contributed by atoms with Crippen molar-refractivity contribution in [3.8, 4) is 11.5 Å². The molecule has 0 aromatic heterocycles. The molecule has 24 heavy (non-hydrogen) atoms. The van der Waals surface area contributed by atoms with E-state index in [2.05, 4.69) is 24.1 Å². The summed E-state index contributed by atoms with van der Waals surface area (Å²) < 4.78 is 11.0. The van der Waals surface area contributed by atoms with E-state index in [1.807, 2.05) is 0 Å². The van der Waals surface area contributed by atoms with E-state index in [9.17, 15) is 4.79 Å². The van der Waals surface area contributed by atoms with Crippen molar-refractivity contribution in [1.29, 1.82) is 0 Å². The molecule has 1 fully saturated rings. The second-order valence-electron chi connectivity index (χ2n) is 6.38. The molecule has 134 valence electrons. The fourth-order valence-corrected chi connectivity index (χ4v) is 2.52. The van der Waals surface area contributed by atoms with Gasteiger partial charge in [0.2, 0.25) is 0 Å². The van der Waals surface area contributed by atoms with Crippen LogP contribution in [-0.4, -0.2) is 61.4 Å². The number of hydrogen-bond acceptors (Lipinski definition) is 5. The largest absolute Gasteiger partial charge is 0.493 e. The molecule has 0 bridgehead atoms. The third-order valence-corrected chi connectivity index (χ3v) is 4.19. The molecule has 1 aliphatic carbocycles. The number of benzene rings is 1. The van der Waals surface area contributed by atoms with E-state index >= 15 is 0 Å². The van der Waals surface area contributed by atoms with Crippen LogP contribution < -0.4 is 14.8 Å². The lowest BCUT2D eigenvalue weighted by Crippen LogP contribution is -2.39. The quantitative estimate of drug-likeness (QED) is 0.646. The van der Waals surface area contributed by atoms with Crippen LogP contribution in [0, 0.1) is 0 Å². The number of carboxylic acid groups (broad SMARTS) is 1. The Labute approximate surface area is 143 Å². The van der Waals surface area contributed by atoms with Gasteiger partial charge < -0.3 is 19.9 Å². The summed E-state index contributed by atoms with van der Waals surface area (Å²) in [6.07, 6.45) is 2.61. The first-order valence-electron chi connectivity index (χ1n) is 8.53. The molecular formula is C18H28N2O4. The molecule has 1 saturated carbocycles. The molecule has 1 aliphatic rings. The topological polar surface area (TPSA) is 71.0 Å². The van der Waals surface area contributed by atoms with E-state index in [1.165, 1.54) is 32.1 Å². The zero-order chi connectivity index (χ0) is 17.5. The van der Waals surface area contributed by atoms with E-state index < -0.39 is 5.97 Å². The minimum atomic E-state index is -0.978. The minimum absolute atomic E-state index is 0.189. The van der Waals surface area contributed by atoms with Crippen LogP contribution in [0.1, 0.15) is 37.0 Å². The lowest BCUT2D eigenvalue weighted by atomic mass is 10.2. The van der Waals surface area contributed by atoms with Gasteiger partial charge in [-0.15, -0.1) is 0 Å². The highest BCUT2D eigenvalue weighted by atomic mass is 16.5. The summed E-state index contributed by atoms with van der Waals surface area (Å²) in [5, 5.41) is 12.5. The molecule has 1 aromatic rings. The molecular weight excluding hydrogens is 308 g/mol. The number of ether oxygens (including phenoxy) is 2. The van der Waals surface area contributed by atoms with Crippen LogP contribution >= 0.6 is 0 Å². The lowest BCUT2D eigenvalue weighted by Gasteiger charge is -2.26. The molecule has 0 atom stereocenters. The van der Waals surface area contributed by atoms with Gasteiger partial charge in [-0.2, -0.15) is 0 Å². The molecule has 0 amide bonds. The van der Waals surface area contributed by atoms with E-state index in [4.69, 9.17) is 14.6 Å². The zero-order valence-electron chi connectivity index (χ0n) is 14.7. The SMILES string of the molecule is COc1cc(C(=O)O)ccc1OCCN(CCNC1CC1)C(C)C. The molecule has 2 N–H and O–H groups in total. The molecule has 6 nitrogen and oxygen atoms in total. The van der Waals surface area contributed by atoms with Crippen LogP contribution in [0.2, 0.25) is 0 Å². The normalized spacial score (nSPS) is 14.2. The van der Waals surface area contributed by atoms with E-state index in [0.717, 1.165) is 25.7 Å². The van der Waals surface area contributed by atoms with Crippen molar-refractivity contribution < 1.29 is 19.4 Å². The second-order valence-corrected chi connectivity index (χ2v) is 6.38. The molecule has 2 rings (SSSR count). The Morgan fingerprint density at radius 3 is 2.67 bits per heavy atom. The van der Waals surface area contributed by atoms with Gasteiger partial charge in [0, 0.05) is 31.7 Å². The number of carbonyl (C=O) groups is 1. The predicted octanol–water partition coefficient (Wildman–Crippen LogP) is 2.23. The third kappa shape index (κ3) is 5.69. The summed E-state index contributed by atoms with van der Waals surface area (Å²) in [5.74, 6) is 0.0395. The first-order valence-corrected chi connectivity index (χ1v) is 8.53. The average molecular weight is 336 g/mol.